The van der Waals surface area contributed by atoms with Gasteiger partial charge in [0.25, 0.3) is 0 Å². The highest BCUT2D eigenvalue weighted by molar-refractivity contribution is 14.0. The van der Waals surface area contributed by atoms with Gasteiger partial charge < -0.3 is 15.4 Å². The van der Waals surface area contributed by atoms with Crippen molar-refractivity contribution in [2.75, 3.05) is 33.4 Å². The number of hydrogen-bond donors (Lipinski definition) is 2. The first-order valence-electron chi connectivity index (χ1n) is 9.33. The average molecular weight is 499 g/mol. The third-order valence-electron chi connectivity index (χ3n) is 5.34. The van der Waals surface area contributed by atoms with E-state index in [2.05, 4.69) is 69.7 Å². The van der Waals surface area contributed by atoms with Gasteiger partial charge in [-0.05, 0) is 46.7 Å². The van der Waals surface area contributed by atoms with Gasteiger partial charge in [0.1, 0.15) is 0 Å². The SMILES string of the molecule is CN=C(NCC(C)c1ccsc1)NCC1(c2ccccc2)CCOCC1.I. The lowest BCUT2D eigenvalue weighted by atomic mass is 9.74. The molecule has 1 atom stereocenters. The summed E-state index contributed by atoms with van der Waals surface area (Å²) in [4.78, 5) is 4.42. The highest BCUT2D eigenvalue weighted by atomic mass is 127. The Morgan fingerprint density at radius 3 is 2.56 bits per heavy atom. The molecule has 27 heavy (non-hydrogen) atoms. The second-order valence-corrected chi connectivity index (χ2v) is 7.80. The van der Waals surface area contributed by atoms with E-state index in [0.29, 0.717) is 5.92 Å². The monoisotopic (exact) mass is 499 g/mol. The van der Waals surface area contributed by atoms with Crippen LogP contribution in [-0.4, -0.2) is 39.3 Å². The van der Waals surface area contributed by atoms with Crippen LogP contribution in [-0.2, 0) is 10.2 Å². The Hall–Kier alpha value is -1.12. The van der Waals surface area contributed by atoms with E-state index in [0.717, 1.165) is 45.1 Å². The maximum atomic E-state index is 5.63. The van der Waals surface area contributed by atoms with Gasteiger partial charge >= 0.3 is 0 Å². The minimum Gasteiger partial charge on any atom is -0.381 e. The maximum Gasteiger partial charge on any atom is 0.191 e. The van der Waals surface area contributed by atoms with E-state index in [1.165, 1.54) is 11.1 Å². The van der Waals surface area contributed by atoms with Crippen molar-refractivity contribution in [2.24, 2.45) is 4.99 Å². The summed E-state index contributed by atoms with van der Waals surface area (Å²) >= 11 is 1.75. The van der Waals surface area contributed by atoms with E-state index in [1.807, 2.05) is 7.05 Å². The standard InChI is InChI=1S/C21H29N3OS.HI/c1-17(18-8-13-26-15-18)14-23-20(22-2)24-16-21(9-11-25-12-10-21)19-6-4-3-5-7-19;/h3-8,13,15,17H,9-12,14,16H2,1-2H3,(H2,22,23,24);1H. The van der Waals surface area contributed by atoms with Crippen molar-refractivity contribution in [3.8, 4) is 0 Å². The molecule has 1 unspecified atom stereocenters. The first-order valence-corrected chi connectivity index (χ1v) is 10.3. The van der Waals surface area contributed by atoms with Crippen molar-refractivity contribution in [1.82, 2.24) is 10.6 Å². The number of aliphatic imine (C=N–C) groups is 1. The van der Waals surface area contributed by atoms with Crippen LogP contribution in [0, 0.1) is 0 Å². The van der Waals surface area contributed by atoms with Gasteiger partial charge in [-0.3, -0.25) is 4.99 Å². The number of hydrogen-bond acceptors (Lipinski definition) is 3. The van der Waals surface area contributed by atoms with Crippen molar-refractivity contribution in [3.05, 3.63) is 58.3 Å². The first kappa shape index (κ1) is 22.2. The molecule has 0 saturated carbocycles. The van der Waals surface area contributed by atoms with Crippen molar-refractivity contribution in [3.63, 3.8) is 0 Å². The average Bonchev–Trinajstić information content (AvgIpc) is 3.24. The van der Waals surface area contributed by atoms with Gasteiger partial charge in [0, 0.05) is 38.8 Å². The molecule has 2 N–H and O–H groups in total. The van der Waals surface area contributed by atoms with E-state index in [9.17, 15) is 0 Å². The van der Waals surface area contributed by atoms with Crippen LogP contribution < -0.4 is 10.6 Å². The largest absolute Gasteiger partial charge is 0.381 e. The summed E-state index contributed by atoms with van der Waals surface area (Å²) in [6.45, 7) is 5.62. The number of guanidine groups is 1. The Morgan fingerprint density at radius 1 is 1.19 bits per heavy atom. The number of nitrogens with one attached hydrogen (secondary N) is 2. The summed E-state index contributed by atoms with van der Waals surface area (Å²) in [5, 5.41) is 11.4. The molecule has 1 aliphatic rings. The van der Waals surface area contributed by atoms with E-state index < -0.39 is 0 Å². The van der Waals surface area contributed by atoms with E-state index in [1.54, 1.807) is 11.3 Å². The van der Waals surface area contributed by atoms with Crippen molar-refractivity contribution < 1.29 is 4.74 Å². The molecule has 0 radical (unpaired) electrons. The number of halogens is 1. The maximum absolute atomic E-state index is 5.63. The quantitative estimate of drug-likeness (QED) is 0.352. The van der Waals surface area contributed by atoms with Crippen LogP contribution in [0.25, 0.3) is 0 Å². The lowest BCUT2D eigenvalue weighted by Crippen LogP contribution is -2.48. The molecule has 0 spiro atoms. The predicted molar refractivity (Wildman–Crippen MR) is 126 cm³/mol. The molecule has 1 aromatic heterocycles. The fraction of sp³-hybridized carbons (Fsp3) is 0.476. The van der Waals surface area contributed by atoms with E-state index >= 15 is 0 Å². The molecule has 4 nitrogen and oxygen atoms in total. The minimum absolute atomic E-state index is 0. The second-order valence-electron chi connectivity index (χ2n) is 7.02. The van der Waals surface area contributed by atoms with Crippen molar-refractivity contribution >= 4 is 41.3 Å². The van der Waals surface area contributed by atoms with Crippen LogP contribution in [0.2, 0.25) is 0 Å². The highest BCUT2D eigenvalue weighted by Gasteiger charge is 2.34. The Balaban J connectivity index is 0.00000261. The summed E-state index contributed by atoms with van der Waals surface area (Å²) in [6, 6.07) is 13.0. The minimum atomic E-state index is 0. The summed E-state index contributed by atoms with van der Waals surface area (Å²) in [5.41, 5.74) is 2.87. The van der Waals surface area contributed by atoms with Crippen LogP contribution >= 0.6 is 35.3 Å². The molecule has 2 heterocycles. The second kappa shape index (κ2) is 11.0. The number of ether oxygens (including phenoxy) is 1. The molecule has 1 saturated heterocycles. The Morgan fingerprint density at radius 2 is 1.93 bits per heavy atom. The molecule has 2 aromatic rings. The topological polar surface area (TPSA) is 45.7 Å². The normalized spacial score (nSPS) is 17.6. The Labute approximate surface area is 183 Å². The van der Waals surface area contributed by atoms with Gasteiger partial charge in [-0.15, -0.1) is 24.0 Å². The van der Waals surface area contributed by atoms with Crippen LogP contribution in [0.1, 0.15) is 36.8 Å². The van der Waals surface area contributed by atoms with Crippen LogP contribution in [0.15, 0.2) is 52.2 Å². The fourth-order valence-electron chi connectivity index (χ4n) is 3.52. The molecule has 0 bridgehead atoms. The summed E-state index contributed by atoms with van der Waals surface area (Å²) in [5.74, 6) is 1.33. The summed E-state index contributed by atoms with van der Waals surface area (Å²) in [6.07, 6.45) is 2.07. The zero-order valence-electron chi connectivity index (χ0n) is 16.1. The fourth-order valence-corrected chi connectivity index (χ4v) is 4.30. The Kier molecular flexibility index (Phi) is 9.05. The molecular weight excluding hydrogens is 469 g/mol. The van der Waals surface area contributed by atoms with Gasteiger partial charge in [0.05, 0.1) is 0 Å². The number of nitrogens with zero attached hydrogens (tertiary/aromatic N) is 1. The molecule has 3 rings (SSSR count). The lowest BCUT2D eigenvalue weighted by Gasteiger charge is -2.38. The van der Waals surface area contributed by atoms with Crippen LogP contribution in [0.3, 0.4) is 0 Å². The van der Waals surface area contributed by atoms with Gasteiger partial charge in [-0.2, -0.15) is 11.3 Å². The Bertz CT molecular complexity index is 685. The van der Waals surface area contributed by atoms with Crippen molar-refractivity contribution in [2.45, 2.75) is 31.1 Å². The summed E-state index contributed by atoms with van der Waals surface area (Å²) in [7, 11) is 1.84. The third-order valence-corrected chi connectivity index (χ3v) is 6.04. The highest BCUT2D eigenvalue weighted by Crippen LogP contribution is 2.34. The summed E-state index contributed by atoms with van der Waals surface area (Å²) < 4.78 is 5.63. The molecule has 148 valence electrons. The van der Waals surface area contributed by atoms with Crippen LogP contribution in [0.5, 0.6) is 0 Å². The van der Waals surface area contributed by atoms with E-state index in [4.69, 9.17) is 4.74 Å². The van der Waals surface area contributed by atoms with E-state index in [-0.39, 0.29) is 29.4 Å². The van der Waals surface area contributed by atoms with Crippen LogP contribution in [0.4, 0.5) is 0 Å². The van der Waals surface area contributed by atoms with Crippen molar-refractivity contribution in [1.29, 1.82) is 0 Å². The molecule has 0 aliphatic carbocycles. The third kappa shape index (κ3) is 5.93. The zero-order chi connectivity index (χ0) is 18.2. The van der Waals surface area contributed by atoms with Gasteiger partial charge in [0.15, 0.2) is 5.96 Å². The predicted octanol–water partition coefficient (Wildman–Crippen LogP) is 4.38. The van der Waals surface area contributed by atoms with Gasteiger partial charge in [-0.1, -0.05) is 37.3 Å². The molecule has 1 aliphatic heterocycles. The molecule has 6 heteroatoms. The lowest BCUT2D eigenvalue weighted by molar-refractivity contribution is 0.0514. The molecule has 1 fully saturated rings. The first-order chi connectivity index (χ1) is 12.7. The van der Waals surface area contributed by atoms with Gasteiger partial charge in [0.2, 0.25) is 0 Å². The number of benzene rings is 1. The molecular formula is C21H30IN3OS. The molecule has 1 aromatic carbocycles. The number of thiophene rings is 1. The smallest absolute Gasteiger partial charge is 0.191 e. The van der Waals surface area contributed by atoms with Gasteiger partial charge in [-0.25, -0.2) is 0 Å². The number of rotatable bonds is 6. The molecule has 0 amide bonds. The zero-order valence-corrected chi connectivity index (χ0v) is 19.3.